The van der Waals surface area contributed by atoms with Gasteiger partial charge in [-0.05, 0) is 42.7 Å². The predicted octanol–water partition coefficient (Wildman–Crippen LogP) is 6.39. The van der Waals surface area contributed by atoms with Gasteiger partial charge in [0.15, 0.2) is 0 Å². The van der Waals surface area contributed by atoms with Gasteiger partial charge >= 0.3 is 11.9 Å². The normalized spacial score (nSPS) is 18.4. The van der Waals surface area contributed by atoms with Crippen LogP contribution in [0.25, 0.3) is 0 Å². The van der Waals surface area contributed by atoms with E-state index < -0.39 is 28.4 Å². The predicted molar refractivity (Wildman–Crippen MR) is 167 cm³/mol. The van der Waals surface area contributed by atoms with Gasteiger partial charge in [0.05, 0.1) is 29.1 Å². The SMILES string of the molecule is COC(=O)C1=C(C)NC(C)=C(C(=O)OC2(c3ccc(Cl)cc3)CCN(Cc3ccccc3)CC2)C1c1cccc([N+](=O)[O-])c1. The van der Waals surface area contributed by atoms with Crippen LogP contribution in [0.1, 0.15) is 49.3 Å². The lowest BCUT2D eigenvalue weighted by Gasteiger charge is -2.42. The molecule has 0 aromatic heterocycles. The number of nitrogens with one attached hydrogen (secondary N) is 1. The van der Waals surface area contributed by atoms with Crippen LogP contribution in [0.5, 0.6) is 0 Å². The van der Waals surface area contributed by atoms with Gasteiger partial charge in [-0.2, -0.15) is 0 Å². The van der Waals surface area contributed by atoms with Crippen molar-refractivity contribution in [2.24, 2.45) is 0 Å². The standard InChI is InChI=1S/C34H34ClN3O6/c1-22-29(32(39)43-3)31(25-10-7-11-28(20-25)38(41)42)30(23(2)36-22)33(40)44-34(26-12-14-27(35)15-13-26)16-18-37(19-17-34)21-24-8-5-4-6-9-24/h4-15,20,31,36H,16-19,21H2,1-3H3. The lowest BCUT2D eigenvalue weighted by atomic mass is 9.79. The summed E-state index contributed by atoms with van der Waals surface area (Å²) in [6, 6.07) is 23.5. The molecule has 0 aliphatic carbocycles. The molecule has 10 heteroatoms. The fourth-order valence-corrected chi connectivity index (χ4v) is 6.27. The highest BCUT2D eigenvalue weighted by Crippen LogP contribution is 2.44. The Morgan fingerprint density at radius 3 is 2.20 bits per heavy atom. The van der Waals surface area contributed by atoms with Crippen molar-refractivity contribution in [3.63, 3.8) is 0 Å². The number of allylic oxidation sites excluding steroid dienone is 2. The summed E-state index contributed by atoms with van der Waals surface area (Å²) in [6.07, 6.45) is 1.07. The molecule has 2 aliphatic heterocycles. The number of non-ortho nitro benzene ring substituents is 1. The molecular formula is C34H34ClN3O6. The summed E-state index contributed by atoms with van der Waals surface area (Å²) in [4.78, 5) is 41.0. The molecule has 2 heterocycles. The van der Waals surface area contributed by atoms with Gasteiger partial charge in [0.2, 0.25) is 0 Å². The number of likely N-dealkylation sites (tertiary alicyclic amines) is 1. The van der Waals surface area contributed by atoms with E-state index in [2.05, 4.69) is 22.3 Å². The number of nitro groups is 1. The first-order valence-corrected chi connectivity index (χ1v) is 14.8. The number of ether oxygens (including phenoxy) is 2. The van der Waals surface area contributed by atoms with Crippen molar-refractivity contribution < 1.29 is 24.0 Å². The number of nitro benzene ring substituents is 1. The van der Waals surface area contributed by atoms with Crippen LogP contribution in [-0.2, 0) is 31.2 Å². The number of rotatable bonds is 8. The van der Waals surface area contributed by atoms with Crippen LogP contribution in [0, 0.1) is 10.1 Å². The van der Waals surface area contributed by atoms with E-state index in [1.807, 2.05) is 30.3 Å². The van der Waals surface area contributed by atoms with Gasteiger partial charge in [-0.3, -0.25) is 15.0 Å². The quantitative estimate of drug-likeness (QED) is 0.176. The topological polar surface area (TPSA) is 111 Å². The number of nitrogens with zero attached hydrogens (tertiary/aromatic N) is 2. The second kappa shape index (κ2) is 13.0. The summed E-state index contributed by atoms with van der Waals surface area (Å²) < 4.78 is 11.6. The molecular weight excluding hydrogens is 582 g/mol. The fraction of sp³-hybridized carbons (Fsp3) is 0.294. The van der Waals surface area contributed by atoms with Crippen molar-refractivity contribution in [2.45, 2.75) is 44.8 Å². The first-order valence-electron chi connectivity index (χ1n) is 14.4. The maximum Gasteiger partial charge on any atom is 0.337 e. The zero-order chi connectivity index (χ0) is 31.4. The minimum Gasteiger partial charge on any atom is -0.466 e. The number of carbonyl (C=O) groups excluding carboxylic acids is 2. The molecule has 1 unspecified atom stereocenters. The summed E-state index contributed by atoms with van der Waals surface area (Å²) in [5, 5.41) is 15.4. The van der Waals surface area contributed by atoms with Crippen molar-refractivity contribution in [1.82, 2.24) is 10.2 Å². The minimum absolute atomic E-state index is 0.156. The molecule has 1 saturated heterocycles. The van der Waals surface area contributed by atoms with E-state index in [1.54, 1.807) is 32.0 Å². The van der Waals surface area contributed by atoms with E-state index in [4.69, 9.17) is 21.1 Å². The Hall–Kier alpha value is -4.47. The number of halogens is 1. The van der Waals surface area contributed by atoms with E-state index in [-0.39, 0.29) is 16.8 Å². The number of hydrogen-bond donors (Lipinski definition) is 1. The molecule has 44 heavy (non-hydrogen) atoms. The average molecular weight is 616 g/mol. The molecule has 0 spiro atoms. The maximum absolute atomic E-state index is 14.4. The molecule has 3 aromatic rings. The molecule has 1 N–H and O–H groups in total. The van der Waals surface area contributed by atoms with Crippen LogP contribution in [0.15, 0.2) is 101 Å². The number of carbonyl (C=O) groups is 2. The summed E-state index contributed by atoms with van der Waals surface area (Å²) in [6.45, 7) is 5.58. The van der Waals surface area contributed by atoms with Gasteiger partial charge < -0.3 is 14.8 Å². The van der Waals surface area contributed by atoms with Crippen LogP contribution < -0.4 is 5.32 Å². The average Bonchev–Trinajstić information content (AvgIpc) is 3.02. The molecule has 5 rings (SSSR count). The smallest absolute Gasteiger partial charge is 0.337 e. The van der Waals surface area contributed by atoms with E-state index in [1.165, 1.54) is 30.9 Å². The Kier molecular flexibility index (Phi) is 9.17. The van der Waals surface area contributed by atoms with Crippen molar-refractivity contribution in [2.75, 3.05) is 20.2 Å². The van der Waals surface area contributed by atoms with Gasteiger partial charge in [0.25, 0.3) is 5.69 Å². The van der Waals surface area contributed by atoms with E-state index in [9.17, 15) is 19.7 Å². The van der Waals surface area contributed by atoms with Crippen molar-refractivity contribution in [3.05, 3.63) is 133 Å². The van der Waals surface area contributed by atoms with Crippen molar-refractivity contribution >= 4 is 29.2 Å². The number of methoxy groups -OCH3 is 1. The summed E-state index contributed by atoms with van der Waals surface area (Å²) in [5.74, 6) is -2.21. The molecule has 1 fully saturated rings. The zero-order valence-corrected chi connectivity index (χ0v) is 25.6. The number of benzene rings is 3. The second-order valence-corrected chi connectivity index (χ2v) is 11.6. The number of dihydropyridines is 1. The molecule has 2 aliphatic rings. The highest BCUT2D eigenvalue weighted by atomic mass is 35.5. The fourth-order valence-electron chi connectivity index (χ4n) is 6.15. The molecule has 0 amide bonds. The molecule has 228 valence electrons. The molecule has 0 bridgehead atoms. The first-order chi connectivity index (χ1) is 21.1. The lowest BCUT2D eigenvalue weighted by molar-refractivity contribution is -0.384. The van der Waals surface area contributed by atoms with Gasteiger partial charge in [-0.1, -0.05) is 66.2 Å². The molecule has 0 radical (unpaired) electrons. The number of piperidine rings is 1. The Bertz CT molecular complexity index is 1630. The Balaban J connectivity index is 1.52. The molecule has 3 aromatic carbocycles. The minimum atomic E-state index is -0.961. The third-order valence-electron chi connectivity index (χ3n) is 8.37. The van der Waals surface area contributed by atoms with E-state index in [0.29, 0.717) is 47.9 Å². The van der Waals surface area contributed by atoms with Crippen LogP contribution in [-0.4, -0.2) is 42.0 Å². The summed E-state index contributed by atoms with van der Waals surface area (Å²) >= 11 is 6.22. The highest BCUT2D eigenvalue weighted by Gasteiger charge is 2.44. The Morgan fingerprint density at radius 2 is 1.59 bits per heavy atom. The van der Waals surface area contributed by atoms with E-state index >= 15 is 0 Å². The van der Waals surface area contributed by atoms with Crippen LogP contribution in [0.4, 0.5) is 5.69 Å². The second-order valence-electron chi connectivity index (χ2n) is 11.1. The third kappa shape index (κ3) is 6.39. The Morgan fingerprint density at radius 1 is 0.955 bits per heavy atom. The highest BCUT2D eigenvalue weighted by molar-refractivity contribution is 6.30. The van der Waals surface area contributed by atoms with Gasteiger partial charge in [0.1, 0.15) is 5.60 Å². The van der Waals surface area contributed by atoms with Crippen LogP contribution >= 0.6 is 11.6 Å². The molecule has 1 atom stereocenters. The monoisotopic (exact) mass is 615 g/mol. The maximum atomic E-state index is 14.4. The van der Waals surface area contributed by atoms with Gasteiger partial charge in [-0.25, -0.2) is 9.59 Å². The van der Waals surface area contributed by atoms with Crippen molar-refractivity contribution in [1.29, 1.82) is 0 Å². The van der Waals surface area contributed by atoms with Gasteiger partial charge in [-0.15, -0.1) is 0 Å². The lowest BCUT2D eigenvalue weighted by Crippen LogP contribution is -2.46. The number of hydrogen-bond acceptors (Lipinski definition) is 8. The molecule has 0 saturated carbocycles. The number of esters is 2. The van der Waals surface area contributed by atoms with Crippen LogP contribution in [0.3, 0.4) is 0 Å². The van der Waals surface area contributed by atoms with Gasteiger partial charge in [0, 0.05) is 61.0 Å². The third-order valence-corrected chi connectivity index (χ3v) is 8.62. The summed E-state index contributed by atoms with van der Waals surface area (Å²) in [7, 11) is 1.26. The first kappa shape index (κ1) is 31.0. The summed E-state index contributed by atoms with van der Waals surface area (Å²) in [5.41, 5.74) is 2.67. The van der Waals surface area contributed by atoms with Crippen LogP contribution in [0.2, 0.25) is 5.02 Å². The largest absolute Gasteiger partial charge is 0.466 e. The Labute approximate surface area is 261 Å². The zero-order valence-electron chi connectivity index (χ0n) is 24.8. The molecule has 9 nitrogen and oxygen atoms in total. The van der Waals surface area contributed by atoms with Crippen molar-refractivity contribution in [3.8, 4) is 0 Å². The van der Waals surface area contributed by atoms with E-state index in [0.717, 1.165) is 12.1 Å².